The van der Waals surface area contributed by atoms with Gasteiger partial charge in [0, 0.05) is 34.6 Å². The molecule has 2 aliphatic heterocycles. The summed E-state index contributed by atoms with van der Waals surface area (Å²) in [6, 6.07) is 16.2. The molecule has 6 nitrogen and oxygen atoms in total. The van der Waals surface area contributed by atoms with E-state index in [0.717, 1.165) is 47.0 Å². The second-order valence-corrected chi connectivity index (χ2v) is 8.53. The first kappa shape index (κ1) is 17.6. The van der Waals surface area contributed by atoms with E-state index in [1.165, 1.54) is 7.11 Å². The summed E-state index contributed by atoms with van der Waals surface area (Å²) < 4.78 is 5.15. The number of amides is 1. The lowest BCUT2D eigenvalue weighted by Gasteiger charge is -2.33. The molecule has 1 saturated carbocycles. The average molecular weight is 401 g/mol. The summed E-state index contributed by atoms with van der Waals surface area (Å²) in [5, 5.41) is 4.63. The molecule has 152 valence electrons. The Balaban J connectivity index is 1.63. The minimum atomic E-state index is -0.510. The SMILES string of the molecule is COC(=O)c1[nH]c2ccccc2c1C12CCN(C(=O)C3CC3)C1Nc1ccccc12. The first-order valence-electron chi connectivity index (χ1n) is 10.5. The van der Waals surface area contributed by atoms with E-state index in [2.05, 4.69) is 22.4 Å². The van der Waals surface area contributed by atoms with Crippen LogP contribution in [0.2, 0.25) is 0 Å². The summed E-state index contributed by atoms with van der Waals surface area (Å²) in [7, 11) is 1.41. The molecular weight excluding hydrogens is 378 g/mol. The van der Waals surface area contributed by atoms with Crippen molar-refractivity contribution in [2.75, 3.05) is 19.0 Å². The van der Waals surface area contributed by atoms with Crippen LogP contribution in [-0.4, -0.2) is 41.6 Å². The molecule has 2 unspecified atom stereocenters. The van der Waals surface area contributed by atoms with Crippen LogP contribution in [0, 0.1) is 5.92 Å². The number of esters is 1. The molecule has 1 aliphatic carbocycles. The van der Waals surface area contributed by atoms with Crippen LogP contribution in [0.5, 0.6) is 0 Å². The highest BCUT2D eigenvalue weighted by Gasteiger charge is 2.59. The number of rotatable bonds is 3. The number of benzene rings is 2. The van der Waals surface area contributed by atoms with Crippen LogP contribution in [-0.2, 0) is 14.9 Å². The number of aromatic amines is 1. The van der Waals surface area contributed by atoms with Crippen molar-refractivity contribution in [1.29, 1.82) is 0 Å². The Morgan fingerprint density at radius 2 is 1.87 bits per heavy atom. The number of para-hydroxylation sites is 2. The second-order valence-electron chi connectivity index (χ2n) is 8.53. The lowest BCUT2D eigenvalue weighted by atomic mass is 9.72. The van der Waals surface area contributed by atoms with E-state index >= 15 is 0 Å². The predicted molar refractivity (Wildman–Crippen MR) is 113 cm³/mol. The van der Waals surface area contributed by atoms with Crippen LogP contribution in [0.1, 0.15) is 40.9 Å². The first-order chi connectivity index (χ1) is 14.6. The van der Waals surface area contributed by atoms with E-state index in [1.807, 2.05) is 41.3 Å². The monoisotopic (exact) mass is 401 g/mol. The van der Waals surface area contributed by atoms with Crippen LogP contribution in [0.3, 0.4) is 0 Å². The second kappa shape index (κ2) is 6.11. The zero-order valence-corrected chi connectivity index (χ0v) is 16.8. The molecule has 6 rings (SSSR count). The van der Waals surface area contributed by atoms with Crippen molar-refractivity contribution in [2.45, 2.75) is 30.8 Å². The third kappa shape index (κ3) is 2.19. The van der Waals surface area contributed by atoms with Gasteiger partial charge < -0.3 is 19.9 Å². The molecule has 3 heterocycles. The van der Waals surface area contributed by atoms with Crippen molar-refractivity contribution in [1.82, 2.24) is 9.88 Å². The maximum absolute atomic E-state index is 13.1. The van der Waals surface area contributed by atoms with E-state index in [1.54, 1.807) is 0 Å². The first-order valence-corrected chi connectivity index (χ1v) is 10.5. The number of fused-ring (bicyclic) bond motifs is 4. The lowest BCUT2D eigenvalue weighted by molar-refractivity contribution is -0.133. The average Bonchev–Trinajstić information content (AvgIpc) is 3.35. The van der Waals surface area contributed by atoms with Crippen LogP contribution >= 0.6 is 0 Å². The molecule has 2 atom stereocenters. The number of likely N-dealkylation sites (tertiary alicyclic amines) is 1. The molecule has 3 aliphatic rings. The zero-order valence-electron chi connectivity index (χ0n) is 16.8. The number of anilines is 1. The van der Waals surface area contributed by atoms with Gasteiger partial charge in [-0.25, -0.2) is 4.79 Å². The number of H-pyrrole nitrogens is 1. The molecule has 1 saturated heterocycles. The van der Waals surface area contributed by atoms with E-state index in [-0.39, 0.29) is 24.0 Å². The topological polar surface area (TPSA) is 74.4 Å². The molecule has 2 fully saturated rings. The smallest absolute Gasteiger partial charge is 0.354 e. The van der Waals surface area contributed by atoms with Crippen molar-refractivity contribution in [3.8, 4) is 0 Å². The molecule has 1 aromatic heterocycles. The third-order valence-electron chi connectivity index (χ3n) is 6.98. The Bertz CT molecular complexity index is 1200. The Hall–Kier alpha value is -3.28. The zero-order chi connectivity index (χ0) is 20.5. The van der Waals surface area contributed by atoms with Crippen molar-refractivity contribution in [3.63, 3.8) is 0 Å². The van der Waals surface area contributed by atoms with Gasteiger partial charge in [-0.15, -0.1) is 0 Å². The minimum absolute atomic E-state index is 0.148. The van der Waals surface area contributed by atoms with E-state index in [9.17, 15) is 9.59 Å². The normalized spacial score (nSPS) is 24.4. The van der Waals surface area contributed by atoms with Crippen LogP contribution in [0.25, 0.3) is 10.9 Å². The molecule has 3 aromatic rings. The maximum Gasteiger partial charge on any atom is 0.354 e. The van der Waals surface area contributed by atoms with Gasteiger partial charge in [0.1, 0.15) is 11.9 Å². The highest BCUT2D eigenvalue weighted by atomic mass is 16.5. The molecule has 2 N–H and O–H groups in total. The summed E-state index contributed by atoms with van der Waals surface area (Å²) in [6.07, 6.45) is 2.49. The summed E-state index contributed by atoms with van der Waals surface area (Å²) >= 11 is 0. The summed E-state index contributed by atoms with van der Waals surface area (Å²) in [5.41, 5.74) is 3.95. The van der Waals surface area contributed by atoms with Crippen molar-refractivity contribution in [2.24, 2.45) is 5.92 Å². The van der Waals surface area contributed by atoms with Gasteiger partial charge in [0.05, 0.1) is 12.5 Å². The standard InChI is InChI=1S/C24H23N3O3/c1-30-22(29)20-19(15-6-2-4-8-17(15)25-20)24-12-13-27(21(28)14-10-11-14)23(24)26-18-9-5-3-7-16(18)24/h2-9,14,23,25-26H,10-13H2,1H3. The third-order valence-corrected chi connectivity index (χ3v) is 6.98. The van der Waals surface area contributed by atoms with Gasteiger partial charge in [-0.05, 0) is 37.0 Å². The number of carbonyl (C=O) groups excluding carboxylic acids is 2. The maximum atomic E-state index is 13.1. The highest BCUT2D eigenvalue weighted by molar-refractivity contribution is 6.00. The molecule has 30 heavy (non-hydrogen) atoms. The molecular formula is C24H23N3O3. The van der Waals surface area contributed by atoms with E-state index in [4.69, 9.17) is 4.74 Å². The number of methoxy groups -OCH3 is 1. The van der Waals surface area contributed by atoms with Gasteiger partial charge in [0.2, 0.25) is 5.91 Å². The molecule has 6 heteroatoms. The van der Waals surface area contributed by atoms with E-state index in [0.29, 0.717) is 12.2 Å². The number of nitrogens with zero attached hydrogens (tertiary/aromatic N) is 1. The van der Waals surface area contributed by atoms with Gasteiger partial charge in [-0.2, -0.15) is 0 Å². The fourth-order valence-electron chi connectivity index (χ4n) is 5.52. The summed E-state index contributed by atoms with van der Waals surface area (Å²) in [5.74, 6) is -0.0123. The van der Waals surface area contributed by atoms with Crippen LogP contribution in [0.15, 0.2) is 48.5 Å². The molecule has 2 aromatic carbocycles. The number of nitrogens with one attached hydrogen (secondary N) is 2. The van der Waals surface area contributed by atoms with Gasteiger partial charge in [0.15, 0.2) is 0 Å². The Kier molecular flexibility index (Phi) is 3.58. The Labute approximate surface area is 174 Å². The number of ether oxygens (including phenoxy) is 1. The minimum Gasteiger partial charge on any atom is -0.464 e. The lowest BCUT2D eigenvalue weighted by Crippen LogP contribution is -2.47. The van der Waals surface area contributed by atoms with Gasteiger partial charge in [0.25, 0.3) is 0 Å². The fourth-order valence-corrected chi connectivity index (χ4v) is 5.52. The van der Waals surface area contributed by atoms with Gasteiger partial charge in [-0.3, -0.25) is 4.79 Å². The largest absolute Gasteiger partial charge is 0.464 e. The number of aromatic nitrogens is 1. The summed E-state index contributed by atoms with van der Waals surface area (Å²) in [6.45, 7) is 0.668. The fraction of sp³-hybridized carbons (Fsp3) is 0.333. The number of hydrogen-bond donors (Lipinski definition) is 2. The van der Waals surface area contributed by atoms with Crippen molar-refractivity contribution < 1.29 is 14.3 Å². The molecule has 1 amide bonds. The van der Waals surface area contributed by atoms with Gasteiger partial charge in [-0.1, -0.05) is 36.4 Å². The Morgan fingerprint density at radius 3 is 2.67 bits per heavy atom. The van der Waals surface area contributed by atoms with E-state index < -0.39 is 5.41 Å². The Morgan fingerprint density at radius 1 is 1.10 bits per heavy atom. The van der Waals surface area contributed by atoms with Crippen molar-refractivity contribution in [3.05, 3.63) is 65.4 Å². The molecule has 0 spiro atoms. The summed E-state index contributed by atoms with van der Waals surface area (Å²) in [4.78, 5) is 31.3. The number of hydrogen-bond acceptors (Lipinski definition) is 4. The molecule has 0 radical (unpaired) electrons. The molecule has 0 bridgehead atoms. The predicted octanol–water partition coefficient (Wildman–Crippen LogP) is 3.63. The highest BCUT2D eigenvalue weighted by Crippen LogP contribution is 2.55. The number of carbonyl (C=O) groups is 2. The van der Waals surface area contributed by atoms with Crippen LogP contribution in [0.4, 0.5) is 5.69 Å². The van der Waals surface area contributed by atoms with Gasteiger partial charge >= 0.3 is 5.97 Å². The quantitative estimate of drug-likeness (QED) is 0.657. The van der Waals surface area contributed by atoms with Crippen LogP contribution < -0.4 is 5.32 Å². The van der Waals surface area contributed by atoms with Crippen molar-refractivity contribution >= 4 is 28.5 Å².